The number of carbonyl (C=O) groups is 2. The van der Waals surface area contributed by atoms with Crippen molar-refractivity contribution in [3.63, 3.8) is 0 Å². The minimum absolute atomic E-state index is 0.220. The Bertz CT molecular complexity index is 290. The van der Waals surface area contributed by atoms with Crippen LogP contribution in [0, 0.1) is 5.92 Å². The third-order valence-electron chi connectivity index (χ3n) is 2.55. The molecule has 2 N–H and O–H groups in total. The summed E-state index contributed by atoms with van der Waals surface area (Å²) in [4.78, 5) is 24.3. The SMILES string of the molecule is C=CCCCN(C)C(=O)N[C@@H](CC(C)C)C(=O)O. The molecule has 0 aromatic rings. The number of unbranched alkanes of at least 4 members (excludes halogenated alkanes) is 1. The van der Waals surface area contributed by atoms with Crippen LogP contribution in [0.25, 0.3) is 0 Å². The lowest BCUT2D eigenvalue weighted by atomic mass is 10.0. The Morgan fingerprint density at radius 2 is 2.06 bits per heavy atom. The third kappa shape index (κ3) is 6.93. The monoisotopic (exact) mass is 256 g/mol. The Kier molecular flexibility index (Phi) is 7.83. The molecule has 2 amide bonds. The van der Waals surface area contributed by atoms with Gasteiger partial charge >= 0.3 is 12.0 Å². The van der Waals surface area contributed by atoms with Crippen molar-refractivity contribution < 1.29 is 14.7 Å². The van der Waals surface area contributed by atoms with E-state index in [1.165, 1.54) is 4.90 Å². The van der Waals surface area contributed by atoms with Crippen LogP contribution in [-0.2, 0) is 4.79 Å². The molecule has 0 aliphatic heterocycles. The van der Waals surface area contributed by atoms with E-state index >= 15 is 0 Å². The van der Waals surface area contributed by atoms with Crippen molar-refractivity contribution in [2.24, 2.45) is 5.92 Å². The molecule has 0 saturated carbocycles. The van der Waals surface area contributed by atoms with Gasteiger partial charge in [0, 0.05) is 13.6 Å². The number of urea groups is 1. The second-order valence-corrected chi connectivity index (χ2v) is 4.82. The molecule has 0 rings (SSSR count). The smallest absolute Gasteiger partial charge is 0.326 e. The topological polar surface area (TPSA) is 69.6 Å². The molecule has 0 aromatic heterocycles. The molecule has 0 aliphatic carbocycles. The van der Waals surface area contributed by atoms with Crippen LogP contribution in [0.1, 0.15) is 33.1 Å². The minimum atomic E-state index is -0.989. The summed E-state index contributed by atoms with van der Waals surface area (Å²) >= 11 is 0. The maximum absolute atomic E-state index is 11.8. The van der Waals surface area contributed by atoms with Crippen LogP contribution >= 0.6 is 0 Å². The molecule has 0 bridgehead atoms. The highest BCUT2D eigenvalue weighted by Gasteiger charge is 2.22. The van der Waals surface area contributed by atoms with E-state index in [-0.39, 0.29) is 11.9 Å². The Morgan fingerprint density at radius 3 is 2.50 bits per heavy atom. The predicted molar refractivity (Wildman–Crippen MR) is 71.5 cm³/mol. The van der Waals surface area contributed by atoms with Crippen molar-refractivity contribution in [1.82, 2.24) is 10.2 Å². The van der Waals surface area contributed by atoms with Gasteiger partial charge in [-0.2, -0.15) is 0 Å². The highest BCUT2D eigenvalue weighted by Crippen LogP contribution is 2.05. The molecule has 0 saturated heterocycles. The molecule has 104 valence electrons. The Hall–Kier alpha value is -1.52. The van der Waals surface area contributed by atoms with Crippen LogP contribution in [0.15, 0.2) is 12.7 Å². The van der Waals surface area contributed by atoms with Crippen LogP contribution in [0.2, 0.25) is 0 Å². The van der Waals surface area contributed by atoms with Gasteiger partial charge in [-0.3, -0.25) is 0 Å². The number of hydrogen-bond acceptors (Lipinski definition) is 2. The Balaban J connectivity index is 4.23. The molecule has 0 aromatic carbocycles. The highest BCUT2D eigenvalue weighted by atomic mass is 16.4. The summed E-state index contributed by atoms with van der Waals surface area (Å²) in [6.07, 6.45) is 3.90. The van der Waals surface area contributed by atoms with Gasteiger partial charge in [0.1, 0.15) is 6.04 Å². The van der Waals surface area contributed by atoms with Gasteiger partial charge in [0.05, 0.1) is 0 Å². The van der Waals surface area contributed by atoms with Crippen molar-refractivity contribution in [3.8, 4) is 0 Å². The zero-order chi connectivity index (χ0) is 14.1. The van der Waals surface area contributed by atoms with Crippen molar-refractivity contribution in [1.29, 1.82) is 0 Å². The fourth-order valence-corrected chi connectivity index (χ4v) is 1.53. The quantitative estimate of drug-likeness (QED) is 0.516. The summed E-state index contributed by atoms with van der Waals surface area (Å²) in [5, 5.41) is 11.6. The molecule has 5 nitrogen and oxygen atoms in total. The lowest BCUT2D eigenvalue weighted by Crippen LogP contribution is -2.47. The maximum Gasteiger partial charge on any atom is 0.326 e. The first-order chi connectivity index (χ1) is 8.38. The van der Waals surface area contributed by atoms with E-state index in [0.29, 0.717) is 13.0 Å². The van der Waals surface area contributed by atoms with Gasteiger partial charge in [-0.25, -0.2) is 9.59 Å². The minimum Gasteiger partial charge on any atom is -0.480 e. The van der Waals surface area contributed by atoms with Gasteiger partial charge < -0.3 is 15.3 Å². The summed E-state index contributed by atoms with van der Waals surface area (Å²) in [5.74, 6) is -0.769. The number of carbonyl (C=O) groups excluding carboxylic acids is 1. The number of hydrogen-bond donors (Lipinski definition) is 2. The number of amides is 2. The predicted octanol–water partition coefficient (Wildman–Crippen LogP) is 2.09. The van der Waals surface area contributed by atoms with E-state index in [2.05, 4.69) is 11.9 Å². The van der Waals surface area contributed by atoms with Crippen LogP contribution in [0.5, 0.6) is 0 Å². The normalized spacial score (nSPS) is 12.0. The Morgan fingerprint density at radius 1 is 1.44 bits per heavy atom. The fraction of sp³-hybridized carbons (Fsp3) is 0.692. The number of carboxylic acids is 1. The molecule has 0 spiro atoms. The number of aliphatic carboxylic acids is 1. The van der Waals surface area contributed by atoms with Crippen LogP contribution < -0.4 is 5.32 Å². The fourth-order valence-electron chi connectivity index (χ4n) is 1.53. The molecule has 5 heteroatoms. The van der Waals surface area contributed by atoms with Gasteiger partial charge in [0.2, 0.25) is 0 Å². The van der Waals surface area contributed by atoms with Gasteiger partial charge in [-0.1, -0.05) is 19.9 Å². The Labute approximate surface area is 109 Å². The largest absolute Gasteiger partial charge is 0.480 e. The van der Waals surface area contributed by atoms with Crippen molar-refractivity contribution >= 4 is 12.0 Å². The summed E-state index contributed by atoms with van der Waals surface area (Å²) in [5.41, 5.74) is 0. The van der Waals surface area contributed by atoms with E-state index in [0.717, 1.165) is 12.8 Å². The van der Waals surface area contributed by atoms with Crippen molar-refractivity contribution in [2.75, 3.05) is 13.6 Å². The van der Waals surface area contributed by atoms with E-state index in [1.54, 1.807) is 13.1 Å². The number of rotatable bonds is 8. The molecular formula is C13H24N2O3. The van der Waals surface area contributed by atoms with E-state index in [9.17, 15) is 9.59 Å². The summed E-state index contributed by atoms with van der Waals surface area (Å²) in [6.45, 7) is 8.05. The standard InChI is InChI=1S/C13H24N2O3/c1-5-6-7-8-15(4)13(18)14-11(12(16)17)9-10(2)3/h5,10-11H,1,6-9H2,2-4H3,(H,14,18)(H,16,17)/t11-/m0/s1. The zero-order valence-electron chi connectivity index (χ0n) is 11.5. The summed E-state index contributed by atoms with van der Waals surface area (Å²) < 4.78 is 0. The van der Waals surface area contributed by atoms with Gasteiger partial charge in [-0.15, -0.1) is 6.58 Å². The van der Waals surface area contributed by atoms with Crippen LogP contribution in [0.4, 0.5) is 4.79 Å². The number of nitrogens with zero attached hydrogens (tertiary/aromatic N) is 1. The first-order valence-corrected chi connectivity index (χ1v) is 6.23. The molecule has 0 fully saturated rings. The maximum atomic E-state index is 11.8. The third-order valence-corrected chi connectivity index (χ3v) is 2.55. The van der Waals surface area contributed by atoms with Crippen LogP contribution in [-0.4, -0.2) is 41.6 Å². The first kappa shape index (κ1) is 16.5. The molecule has 0 radical (unpaired) electrons. The number of carboxylic acid groups (broad SMARTS) is 1. The second kappa shape index (κ2) is 8.55. The van der Waals surface area contributed by atoms with Crippen molar-refractivity contribution in [2.45, 2.75) is 39.2 Å². The number of nitrogens with one attached hydrogen (secondary N) is 1. The average Bonchev–Trinajstić information content (AvgIpc) is 2.27. The number of allylic oxidation sites excluding steroid dienone is 1. The molecular weight excluding hydrogens is 232 g/mol. The molecule has 1 atom stereocenters. The summed E-state index contributed by atoms with van der Waals surface area (Å²) in [6, 6.07) is -1.16. The van der Waals surface area contributed by atoms with Gasteiger partial charge in [-0.05, 0) is 25.2 Å². The lowest BCUT2D eigenvalue weighted by molar-refractivity contribution is -0.139. The van der Waals surface area contributed by atoms with Gasteiger partial charge in [0.15, 0.2) is 0 Å². The van der Waals surface area contributed by atoms with Crippen LogP contribution in [0.3, 0.4) is 0 Å². The molecule has 0 unspecified atom stereocenters. The highest BCUT2D eigenvalue weighted by molar-refractivity contribution is 5.82. The lowest BCUT2D eigenvalue weighted by Gasteiger charge is -2.22. The first-order valence-electron chi connectivity index (χ1n) is 6.23. The van der Waals surface area contributed by atoms with E-state index in [1.807, 2.05) is 13.8 Å². The molecule has 18 heavy (non-hydrogen) atoms. The zero-order valence-corrected chi connectivity index (χ0v) is 11.5. The van der Waals surface area contributed by atoms with Gasteiger partial charge in [0.25, 0.3) is 0 Å². The second-order valence-electron chi connectivity index (χ2n) is 4.82. The van der Waals surface area contributed by atoms with E-state index < -0.39 is 12.0 Å². The molecule has 0 heterocycles. The average molecular weight is 256 g/mol. The molecule has 0 aliphatic rings. The summed E-state index contributed by atoms with van der Waals surface area (Å²) in [7, 11) is 1.66. The van der Waals surface area contributed by atoms with E-state index in [4.69, 9.17) is 5.11 Å². The van der Waals surface area contributed by atoms with Crippen molar-refractivity contribution in [3.05, 3.63) is 12.7 Å².